The van der Waals surface area contributed by atoms with Gasteiger partial charge in [0, 0.05) is 5.88 Å². The number of nitrogens with zero attached hydrogens (tertiary/aromatic N) is 1. The Kier molecular flexibility index (Phi) is 5.67. The molecule has 1 rings (SSSR count). The minimum atomic E-state index is -0.286. The van der Waals surface area contributed by atoms with E-state index in [1.165, 1.54) is 0 Å². The fourth-order valence-corrected chi connectivity index (χ4v) is 2.15. The van der Waals surface area contributed by atoms with Crippen LogP contribution in [0.15, 0.2) is 12.1 Å². The third kappa shape index (κ3) is 3.48. The fourth-order valence-electron chi connectivity index (χ4n) is 1.92. The molecule has 0 saturated heterocycles. The first-order valence-corrected chi connectivity index (χ1v) is 6.46. The van der Waals surface area contributed by atoms with Gasteiger partial charge >= 0.3 is 5.97 Å². The van der Waals surface area contributed by atoms with Crippen molar-refractivity contribution in [2.75, 3.05) is 6.61 Å². The number of ether oxygens (including phenoxy) is 1. The van der Waals surface area contributed by atoms with Crippen molar-refractivity contribution in [2.24, 2.45) is 0 Å². The van der Waals surface area contributed by atoms with Gasteiger partial charge in [0.2, 0.25) is 0 Å². The summed E-state index contributed by atoms with van der Waals surface area (Å²) in [6.45, 7) is 4.11. The second-order valence-corrected chi connectivity index (χ2v) is 4.13. The molecule has 96 valence electrons. The Hall–Kier alpha value is -1.53. The quantitative estimate of drug-likeness (QED) is 0.607. The molecule has 0 heterocycles. The molecule has 1 aromatic rings. The van der Waals surface area contributed by atoms with Crippen molar-refractivity contribution in [3.8, 4) is 6.07 Å². The van der Waals surface area contributed by atoms with E-state index in [4.69, 9.17) is 21.6 Å². The Morgan fingerprint density at radius 2 is 2.17 bits per heavy atom. The molecule has 0 aliphatic rings. The lowest BCUT2D eigenvalue weighted by molar-refractivity contribution is -0.142. The lowest BCUT2D eigenvalue weighted by Crippen LogP contribution is -2.09. The van der Waals surface area contributed by atoms with Gasteiger partial charge in [-0.05, 0) is 36.1 Å². The average molecular weight is 266 g/mol. The highest BCUT2D eigenvalue weighted by Gasteiger charge is 2.11. The van der Waals surface area contributed by atoms with Crippen LogP contribution in [-0.2, 0) is 28.3 Å². The largest absolute Gasteiger partial charge is 0.466 e. The summed E-state index contributed by atoms with van der Waals surface area (Å²) in [4.78, 5) is 11.4. The molecule has 0 N–H and O–H groups in total. The topological polar surface area (TPSA) is 50.1 Å². The molecule has 4 heteroatoms. The van der Waals surface area contributed by atoms with Gasteiger partial charge in [0.25, 0.3) is 0 Å². The van der Waals surface area contributed by atoms with Crippen LogP contribution in [0.25, 0.3) is 0 Å². The monoisotopic (exact) mass is 265 g/mol. The van der Waals surface area contributed by atoms with Gasteiger partial charge in [-0.2, -0.15) is 5.26 Å². The molecule has 0 radical (unpaired) electrons. The zero-order chi connectivity index (χ0) is 13.5. The summed E-state index contributed by atoms with van der Waals surface area (Å²) in [5.74, 6) is 0.0558. The molecule has 18 heavy (non-hydrogen) atoms. The lowest BCUT2D eigenvalue weighted by atomic mass is 9.96. The van der Waals surface area contributed by atoms with Gasteiger partial charge in [0.1, 0.15) is 0 Å². The van der Waals surface area contributed by atoms with Crippen molar-refractivity contribution in [3.05, 3.63) is 34.4 Å². The van der Waals surface area contributed by atoms with Gasteiger partial charge < -0.3 is 4.74 Å². The SMILES string of the molecule is CCOC(=O)Cc1cc(C#N)c(CC)c(CCl)c1. The second-order valence-electron chi connectivity index (χ2n) is 3.86. The number of hydrogen-bond acceptors (Lipinski definition) is 3. The lowest BCUT2D eigenvalue weighted by Gasteiger charge is -2.10. The van der Waals surface area contributed by atoms with E-state index < -0.39 is 0 Å². The van der Waals surface area contributed by atoms with Gasteiger partial charge in [0.15, 0.2) is 0 Å². The van der Waals surface area contributed by atoms with Crippen LogP contribution in [0.3, 0.4) is 0 Å². The van der Waals surface area contributed by atoms with Gasteiger partial charge in [-0.25, -0.2) is 0 Å². The van der Waals surface area contributed by atoms with Crippen LogP contribution in [0.5, 0.6) is 0 Å². The highest BCUT2D eigenvalue weighted by molar-refractivity contribution is 6.17. The Bertz CT molecular complexity index is 477. The molecule has 0 spiro atoms. The highest BCUT2D eigenvalue weighted by atomic mass is 35.5. The van der Waals surface area contributed by atoms with Crippen molar-refractivity contribution >= 4 is 17.6 Å². The Morgan fingerprint density at radius 1 is 1.44 bits per heavy atom. The Balaban J connectivity index is 3.08. The minimum absolute atomic E-state index is 0.177. The van der Waals surface area contributed by atoms with E-state index in [1.807, 2.05) is 13.0 Å². The van der Waals surface area contributed by atoms with E-state index in [0.717, 1.165) is 23.1 Å². The van der Waals surface area contributed by atoms with Crippen LogP contribution in [-0.4, -0.2) is 12.6 Å². The molecule has 0 fully saturated rings. The van der Waals surface area contributed by atoms with Crippen LogP contribution in [0.2, 0.25) is 0 Å². The van der Waals surface area contributed by atoms with Gasteiger partial charge in [-0.15, -0.1) is 11.6 Å². The number of nitriles is 1. The summed E-state index contributed by atoms with van der Waals surface area (Å²) in [6.07, 6.45) is 0.932. The number of carbonyl (C=O) groups is 1. The van der Waals surface area contributed by atoms with Gasteiger partial charge in [-0.1, -0.05) is 13.0 Å². The number of esters is 1. The molecule has 0 saturated carbocycles. The summed E-state index contributed by atoms with van der Waals surface area (Å²) < 4.78 is 4.89. The maximum Gasteiger partial charge on any atom is 0.310 e. The first-order chi connectivity index (χ1) is 8.65. The van der Waals surface area contributed by atoms with Crippen molar-refractivity contribution < 1.29 is 9.53 Å². The zero-order valence-electron chi connectivity index (χ0n) is 10.6. The normalized spacial score (nSPS) is 9.89. The van der Waals surface area contributed by atoms with E-state index in [0.29, 0.717) is 18.1 Å². The summed E-state index contributed by atoms with van der Waals surface area (Å²) in [7, 11) is 0. The predicted molar refractivity (Wildman–Crippen MR) is 70.4 cm³/mol. The third-order valence-electron chi connectivity index (χ3n) is 2.67. The first-order valence-electron chi connectivity index (χ1n) is 5.92. The summed E-state index contributed by atoms with van der Waals surface area (Å²) in [5.41, 5.74) is 3.24. The maximum absolute atomic E-state index is 11.4. The van der Waals surface area contributed by atoms with Crippen LogP contribution in [0.1, 0.15) is 36.1 Å². The average Bonchev–Trinajstić information content (AvgIpc) is 2.37. The number of hydrogen-bond donors (Lipinski definition) is 0. The Labute approximate surface area is 112 Å². The molecule has 0 atom stereocenters. The first kappa shape index (κ1) is 14.5. The summed E-state index contributed by atoms with van der Waals surface area (Å²) in [5, 5.41) is 9.12. The van der Waals surface area contributed by atoms with Crippen LogP contribution >= 0.6 is 11.6 Å². The van der Waals surface area contributed by atoms with Crippen LogP contribution in [0, 0.1) is 11.3 Å². The van der Waals surface area contributed by atoms with Crippen molar-refractivity contribution in [3.63, 3.8) is 0 Å². The number of halogens is 1. The van der Waals surface area contributed by atoms with E-state index in [1.54, 1.807) is 13.0 Å². The van der Waals surface area contributed by atoms with E-state index >= 15 is 0 Å². The summed E-state index contributed by atoms with van der Waals surface area (Å²) >= 11 is 5.88. The molecule has 0 bridgehead atoms. The summed E-state index contributed by atoms with van der Waals surface area (Å²) in [6, 6.07) is 5.78. The minimum Gasteiger partial charge on any atom is -0.466 e. The van der Waals surface area contributed by atoms with Crippen molar-refractivity contribution in [1.29, 1.82) is 5.26 Å². The van der Waals surface area contributed by atoms with E-state index in [9.17, 15) is 4.79 Å². The van der Waals surface area contributed by atoms with Gasteiger partial charge in [-0.3, -0.25) is 4.79 Å². The van der Waals surface area contributed by atoms with Crippen LogP contribution < -0.4 is 0 Å². The number of alkyl halides is 1. The molecule has 0 amide bonds. The van der Waals surface area contributed by atoms with E-state index in [2.05, 4.69) is 6.07 Å². The molecule has 3 nitrogen and oxygen atoms in total. The standard InChI is InChI=1S/C14H16ClNO2/c1-3-13-11(8-15)5-10(6-12(13)9-16)7-14(17)18-4-2/h5-6H,3-4,7-8H2,1-2H3. The zero-order valence-corrected chi connectivity index (χ0v) is 11.4. The molecule has 0 aliphatic carbocycles. The fraction of sp³-hybridized carbons (Fsp3) is 0.429. The highest BCUT2D eigenvalue weighted by Crippen LogP contribution is 2.20. The van der Waals surface area contributed by atoms with Gasteiger partial charge in [0.05, 0.1) is 24.7 Å². The predicted octanol–water partition coefficient (Wildman–Crippen LogP) is 2.97. The second kappa shape index (κ2) is 7.03. The molecule has 0 aromatic heterocycles. The van der Waals surface area contributed by atoms with Crippen molar-refractivity contribution in [1.82, 2.24) is 0 Å². The third-order valence-corrected chi connectivity index (χ3v) is 2.96. The van der Waals surface area contributed by atoms with Crippen molar-refractivity contribution in [2.45, 2.75) is 32.6 Å². The number of carbonyl (C=O) groups excluding carboxylic acids is 1. The molecule has 0 aliphatic heterocycles. The molecular weight excluding hydrogens is 250 g/mol. The maximum atomic E-state index is 11.4. The number of rotatable bonds is 5. The number of benzene rings is 1. The molecule has 0 unspecified atom stereocenters. The Morgan fingerprint density at radius 3 is 2.67 bits per heavy atom. The van der Waals surface area contributed by atoms with Crippen LogP contribution in [0.4, 0.5) is 0 Å². The van der Waals surface area contributed by atoms with E-state index in [-0.39, 0.29) is 12.4 Å². The molecule has 1 aromatic carbocycles. The molecular formula is C14H16ClNO2. The smallest absolute Gasteiger partial charge is 0.310 e.